The maximum atomic E-state index is 8.79. The molecule has 0 radical (unpaired) electrons. The van der Waals surface area contributed by atoms with Crippen molar-refractivity contribution in [3.8, 4) is 0 Å². The van der Waals surface area contributed by atoms with Gasteiger partial charge in [0.15, 0.2) is 0 Å². The van der Waals surface area contributed by atoms with Gasteiger partial charge in [0.2, 0.25) is 0 Å². The Morgan fingerprint density at radius 3 is 2.53 bits per heavy atom. The molecule has 0 amide bonds. The first kappa shape index (κ1) is 16.2. The highest BCUT2D eigenvalue weighted by Gasteiger charge is 2.05. The van der Waals surface area contributed by atoms with Crippen molar-refractivity contribution in [2.24, 2.45) is 0 Å². The molecule has 108 valence electrons. The Balaban J connectivity index is 2.50. The lowest BCUT2D eigenvalue weighted by molar-refractivity contribution is 0.264. The van der Waals surface area contributed by atoms with Crippen molar-refractivity contribution < 1.29 is 5.11 Å². The zero-order chi connectivity index (χ0) is 14.3. The summed E-state index contributed by atoms with van der Waals surface area (Å²) in [6.07, 6.45) is 3.10. The molecule has 1 aromatic carbocycles. The minimum Gasteiger partial charge on any atom is -0.396 e. The molecule has 0 unspecified atom stereocenters. The van der Waals surface area contributed by atoms with Gasteiger partial charge < -0.3 is 10.0 Å². The largest absolute Gasteiger partial charge is 0.396 e. The summed E-state index contributed by atoms with van der Waals surface area (Å²) in [6.45, 7) is 9.16. The summed E-state index contributed by atoms with van der Waals surface area (Å²) in [5, 5.41) is 8.79. The number of unbranched alkanes of at least 4 members (excludes halogenated alkanes) is 1. The fourth-order valence-corrected chi connectivity index (χ4v) is 2.24. The number of aryl methyl sites for hydroxylation is 1. The molecule has 0 aliphatic heterocycles. The van der Waals surface area contributed by atoms with E-state index in [9.17, 15) is 0 Å². The third kappa shape index (κ3) is 5.75. The van der Waals surface area contributed by atoms with E-state index >= 15 is 0 Å². The van der Waals surface area contributed by atoms with Crippen molar-refractivity contribution >= 4 is 0 Å². The van der Waals surface area contributed by atoms with Gasteiger partial charge in [-0.15, -0.1) is 0 Å². The van der Waals surface area contributed by atoms with Crippen LogP contribution in [0.2, 0.25) is 0 Å². The predicted molar refractivity (Wildman–Crippen MR) is 82.8 cm³/mol. The first-order valence-corrected chi connectivity index (χ1v) is 7.43. The molecular weight excluding hydrogens is 234 g/mol. The van der Waals surface area contributed by atoms with Gasteiger partial charge in [0.05, 0.1) is 0 Å². The molecule has 0 spiro atoms. The number of aliphatic hydroxyl groups is 1. The molecule has 1 aromatic rings. The quantitative estimate of drug-likeness (QED) is 0.727. The molecule has 2 nitrogen and oxygen atoms in total. The fraction of sp³-hybridized carbons (Fsp3) is 0.647. The van der Waals surface area contributed by atoms with Crippen LogP contribution in [0.4, 0.5) is 0 Å². The number of likely N-dealkylation sites (N-methyl/N-ethyl adjacent to an activating group) is 1. The summed E-state index contributed by atoms with van der Waals surface area (Å²) in [5.41, 5.74) is 4.30. The Kier molecular flexibility index (Phi) is 7.11. The van der Waals surface area contributed by atoms with Gasteiger partial charge in [-0.2, -0.15) is 0 Å². The van der Waals surface area contributed by atoms with E-state index < -0.39 is 0 Å². The van der Waals surface area contributed by atoms with E-state index in [4.69, 9.17) is 5.11 Å². The lowest BCUT2D eigenvalue weighted by Crippen LogP contribution is -2.23. The molecular formula is C17H29NO. The van der Waals surface area contributed by atoms with Gasteiger partial charge in [0.1, 0.15) is 0 Å². The van der Waals surface area contributed by atoms with E-state index in [1.54, 1.807) is 0 Å². The highest BCUT2D eigenvalue weighted by Crippen LogP contribution is 2.19. The number of rotatable bonds is 8. The van der Waals surface area contributed by atoms with E-state index in [2.05, 4.69) is 50.9 Å². The molecule has 0 saturated heterocycles. The van der Waals surface area contributed by atoms with Gasteiger partial charge in [0, 0.05) is 13.2 Å². The molecule has 2 heteroatoms. The normalized spacial score (nSPS) is 11.5. The third-order valence-electron chi connectivity index (χ3n) is 3.75. The van der Waals surface area contributed by atoms with Gasteiger partial charge in [0.25, 0.3) is 0 Å². The summed E-state index contributed by atoms with van der Waals surface area (Å²) in [4.78, 5) is 2.36. The molecule has 1 N–H and O–H groups in total. The molecule has 0 fully saturated rings. The highest BCUT2D eigenvalue weighted by molar-refractivity contribution is 5.32. The molecule has 0 saturated carbocycles. The van der Waals surface area contributed by atoms with E-state index in [0.717, 1.165) is 32.4 Å². The van der Waals surface area contributed by atoms with Crippen molar-refractivity contribution in [2.45, 2.75) is 46.0 Å². The van der Waals surface area contributed by atoms with Crippen LogP contribution in [0, 0.1) is 6.92 Å². The van der Waals surface area contributed by atoms with Crippen LogP contribution in [-0.4, -0.2) is 36.8 Å². The van der Waals surface area contributed by atoms with E-state index in [1.165, 1.54) is 16.7 Å². The van der Waals surface area contributed by atoms with Crippen LogP contribution >= 0.6 is 0 Å². The smallest absolute Gasteiger partial charge is 0.0431 e. The highest BCUT2D eigenvalue weighted by atomic mass is 16.2. The second-order valence-corrected chi connectivity index (χ2v) is 5.82. The molecule has 0 heterocycles. The first-order valence-electron chi connectivity index (χ1n) is 7.43. The molecule has 19 heavy (non-hydrogen) atoms. The minimum atomic E-state index is 0.309. The topological polar surface area (TPSA) is 23.5 Å². The van der Waals surface area contributed by atoms with Crippen molar-refractivity contribution in [3.05, 3.63) is 34.9 Å². The second-order valence-electron chi connectivity index (χ2n) is 5.82. The Morgan fingerprint density at radius 2 is 1.89 bits per heavy atom. The summed E-state index contributed by atoms with van der Waals surface area (Å²) < 4.78 is 0. The molecule has 0 aliphatic carbocycles. The maximum Gasteiger partial charge on any atom is 0.0431 e. The van der Waals surface area contributed by atoms with E-state index in [1.807, 2.05) is 0 Å². The lowest BCUT2D eigenvalue weighted by atomic mass is 9.96. The molecule has 1 rings (SSSR count). The van der Waals surface area contributed by atoms with Gasteiger partial charge in [-0.05, 0) is 62.4 Å². The van der Waals surface area contributed by atoms with Gasteiger partial charge in [-0.25, -0.2) is 0 Å². The zero-order valence-electron chi connectivity index (χ0n) is 12.9. The van der Waals surface area contributed by atoms with Crippen LogP contribution in [0.5, 0.6) is 0 Å². The summed E-state index contributed by atoms with van der Waals surface area (Å²) in [6, 6.07) is 6.85. The van der Waals surface area contributed by atoms with E-state index in [-0.39, 0.29) is 0 Å². The standard InChI is InChI=1S/C17H29NO/c1-14(2)16-8-7-15(3)17(13-16)9-11-18(4)10-5-6-12-19/h7-8,13-14,19H,5-6,9-12H2,1-4H3. The van der Waals surface area contributed by atoms with Crippen LogP contribution in [0.15, 0.2) is 18.2 Å². The third-order valence-corrected chi connectivity index (χ3v) is 3.75. The van der Waals surface area contributed by atoms with Crippen molar-refractivity contribution in [1.29, 1.82) is 0 Å². The SMILES string of the molecule is Cc1ccc(C(C)C)cc1CCN(C)CCCCO. The summed E-state index contributed by atoms with van der Waals surface area (Å²) in [5.74, 6) is 0.599. The van der Waals surface area contributed by atoms with Crippen LogP contribution in [0.25, 0.3) is 0 Å². The number of nitrogens with zero attached hydrogens (tertiary/aromatic N) is 1. The molecule has 0 aliphatic rings. The van der Waals surface area contributed by atoms with Crippen LogP contribution in [-0.2, 0) is 6.42 Å². The van der Waals surface area contributed by atoms with Crippen LogP contribution in [0.3, 0.4) is 0 Å². The second kappa shape index (κ2) is 8.34. The first-order chi connectivity index (χ1) is 9.04. The Hall–Kier alpha value is -0.860. The van der Waals surface area contributed by atoms with Crippen LogP contribution in [0.1, 0.15) is 49.3 Å². The summed E-state index contributed by atoms with van der Waals surface area (Å²) >= 11 is 0. The average Bonchev–Trinajstić information content (AvgIpc) is 2.37. The minimum absolute atomic E-state index is 0.309. The summed E-state index contributed by atoms with van der Waals surface area (Å²) in [7, 11) is 2.17. The van der Waals surface area contributed by atoms with Gasteiger partial charge >= 0.3 is 0 Å². The van der Waals surface area contributed by atoms with Crippen molar-refractivity contribution in [2.75, 3.05) is 26.7 Å². The zero-order valence-corrected chi connectivity index (χ0v) is 12.9. The van der Waals surface area contributed by atoms with E-state index in [0.29, 0.717) is 12.5 Å². The van der Waals surface area contributed by atoms with Gasteiger partial charge in [-0.3, -0.25) is 0 Å². The molecule has 0 aromatic heterocycles. The number of hydrogen-bond donors (Lipinski definition) is 1. The van der Waals surface area contributed by atoms with Gasteiger partial charge in [-0.1, -0.05) is 32.0 Å². The molecule has 0 bridgehead atoms. The van der Waals surface area contributed by atoms with Crippen molar-refractivity contribution in [1.82, 2.24) is 4.90 Å². The monoisotopic (exact) mass is 263 g/mol. The lowest BCUT2D eigenvalue weighted by Gasteiger charge is -2.18. The Labute approximate surface area is 118 Å². The average molecular weight is 263 g/mol. The molecule has 0 atom stereocenters. The Bertz CT molecular complexity index is 374. The van der Waals surface area contributed by atoms with Crippen LogP contribution < -0.4 is 0 Å². The predicted octanol–water partition coefficient (Wildman–Crippen LogP) is 3.37. The number of aliphatic hydroxyl groups excluding tert-OH is 1. The number of hydrogen-bond acceptors (Lipinski definition) is 2. The Morgan fingerprint density at radius 1 is 1.16 bits per heavy atom. The maximum absolute atomic E-state index is 8.79. The number of benzene rings is 1. The van der Waals surface area contributed by atoms with Crippen molar-refractivity contribution in [3.63, 3.8) is 0 Å². The fourth-order valence-electron chi connectivity index (χ4n) is 2.24.